The van der Waals surface area contributed by atoms with Crippen molar-refractivity contribution < 1.29 is 14.3 Å². The summed E-state index contributed by atoms with van der Waals surface area (Å²) in [5.74, 6) is 1.09. The highest BCUT2D eigenvalue weighted by Gasteiger charge is 2.06. The number of methoxy groups -OCH3 is 1. The van der Waals surface area contributed by atoms with Gasteiger partial charge in [-0.2, -0.15) is 5.26 Å². The van der Waals surface area contributed by atoms with Gasteiger partial charge in [0.15, 0.2) is 11.5 Å². The van der Waals surface area contributed by atoms with Crippen molar-refractivity contribution in [1.29, 1.82) is 5.26 Å². The van der Waals surface area contributed by atoms with E-state index in [1.165, 1.54) is 7.11 Å². The highest BCUT2D eigenvalue weighted by Crippen LogP contribution is 2.28. The third-order valence-electron chi connectivity index (χ3n) is 2.80. The Kier molecular flexibility index (Phi) is 4.35. The van der Waals surface area contributed by atoms with Gasteiger partial charge in [0, 0.05) is 5.56 Å². The minimum atomic E-state index is 0.364. The molecule has 2 aromatic carbocycles. The van der Waals surface area contributed by atoms with Gasteiger partial charge in [0.2, 0.25) is 0 Å². The molecular formula is C16H13NO3. The van der Waals surface area contributed by atoms with Gasteiger partial charge in [0.05, 0.1) is 18.7 Å². The van der Waals surface area contributed by atoms with Crippen molar-refractivity contribution in [2.24, 2.45) is 0 Å². The molecule has 0 spiro atoms. The summed E-state index contributed by atoms with van der Waals surface area (Å²) in [6.07, 6.45) is 0.757. The maximum absolute atomic E-state index is 10.7. The second-order valence-corrected chi connectivity index (χ2v) is 4.13. The molecule has 0 aliphatic rings. The first-order valence-electron chi connectivity index (χ1n) is 6.02. The number of hydrogen-bond acceptors (Lipinski definition) is 4. The number of aldehydes is 1. The average molecular weight is 267 g/mol. The Morgan fingerprint density at radius 2 is 1.90 bits per heavy atom. The zero-order valence-electron chi connectivity index (χ0n) is 11.0. The Morgan fingerprint density at radius 1 is 1.15 bits per heavy atom. The zero-order valence-corrected chi connectivity index (χ0v) is 11.0. The first-order valence-corrected chi connectivity index (χ1v) is 6.02. The van der Waals surface area contributed by atoms with E-state index in [2.05, 4.69) is 6.07 Å². The van der Waals surface area contributed by atoms with E-state index in [9.17, 15) is 4.79 Å². The van der Waals surface area contributed by atoms with E-state index in [0.717, 1.165) is 11.8 Å². The van der Waals surface area contributed by atoms with Gasteiger partial charge in [-0.05, 0) is 35.9 Å². The van der Waals surface area contributed by atoms with Crippen molar-refractivity contribution >= 4 is 6.29 Å². The first-order chi connectivity index (χ1) is 9.76. The molecule has 2 rings (SSSR count). The van der Waals surface area contributed by atoms with E-state index >= 15 is 0 Å². The second-order valence-electron chi connectivity index (χ2n) is 4.13. The standard InChI is InChI=1S/C16H13NO3/c1-19-16-8-14(10-18)6-7-15(16)20-11-13-4-2-12(9-17)3-5-13/h2-8,10H,11H2,1H3. The van der Waals surface area contributed by atoms with Crippen molar-refractivity contribution in [3.8, 4) is 17.6 Å². The lowest BCUT2D eigenvalue weighted by atomic mass is 10.1. The third-order valence-corrected chi connectivity index (χ3v) is 2.80. The van der Waals surface area contributed by atoms with Crippen LogP contribution in [0.25, 0.3) is 0 Å². The Bertz CT molecular complexity index is 642. The van der Waals surface area contributed by atoms with Gasteiger partial charge in [-0.1, -0.05) is 12.1 Å². The number of benzene rings is 2. The van der Waals surface area contributed by atoms with Crippen LogP contribution in [0.2, 0.25) is 0 Å². The number of nitriles is 1. The SMILES string of the molecule is COc1cc(C=O)ccc1OCc1ccc(C#N)cc1. The van der Waals surface area contributed by atoms with Gasteiger partial charge in [-0.25, -0.2) is 0 Å². The summed E-state index contributed by atoms with van der Waals surface area (Å²) in [5.41, 5.74) is 2.10. The largest absolute Gasteiger partial charge is 0.493 e. The van der Waals surface area contributed by atoms with Crippen molar-refractivity contribution in [2.75, 3.05) is 7.11 Å². The van der Waals surface area contributed by atoms with Crippen molar-refractivity contribution in [3.63, 3.8) is 0 Å². The molecular weight excluding hydrogens is 254 g/mol. The van der Waals surface area contributed by atoms with Crippen LogP contribution in [0.15, 0.2) is 42.5 Å². The molecule has 20 heavy (non-hydrogen) atoms. The monoisotopic (exact) mass is 267 g/mol. The number of nitrogens with zero attached hydrogens (tertiary/aromatic N) is 1. The topological polar surface area (TPSA) is 59.3 Å². The second kappa shape index (κ2) is 6.39. The van der Waals surface area contributed by atoms with E-state index in [1.54, 1.807) is 30.3 Å². The molecule has 0 N–H and O–H groups in total. The molecule has 4 heteroatoms. The predicted molar refractivity (Wildman–Crippen MR) is 73.9 cm³/mol. The van der Waals surface area contributed by atoms with Crippen molar-refractivity contribution in [3.05, 3.63) is 59.2 Å². The predicted octanol–water partition coefficient (Wildman–Crippen LogP) is 2.96. The van der Waals surface area contributed by atoms with E-state index in [4.69, 9.17) is 14.7 Å². The molecule has 0 aromatic heterocycles. The third kappa shape index (κ3) is 3.15. The smallest absolute Gasteiger partial charge is 0.161 e. The summed E-state index contributed by atoms with van der Waals surface area (Å²) in [4.78, 5) is 10.7. The average Bonchev–Trinajstić information content (AvgIpc) is 2.53. The molecule has 4 nitrogen and oxygen atoms in total. The Morgan fingerprint density at radius 3 is 2.50 bits per heavy atom. The van der Waals surface area contributed by atoms with Crippen LogP contribution in [0, 0.1) is 11.3 Å². The van der Waals surface area contributed by atoms with Gasteiger partial charge in [-0.3, -0.25) is 4.79 Å². The quantitative estimate of drug-likeness (QED) is 0.781. The summed E-state index contributed by atoms with van der Waals surface area (Å²) in [6, 6.07) is 14.2. The minimum Gasteiger partial charge on any atom is -0.493 e. The number of hydrogen-bond donors (Lipinski definition) is 0. The maximum Gasteiger partial charge on any atom is 0.161 e. The van der Waals surface area contributed by atoms with Crippen LogP contribution < -0.4 is 9.47 Å². The van der Waals surface area contributed by atoms with Gasteiger partial charge in [-0.15, -0.1) is 0 Å². The molecule has 0 aliphatic heterocycles. The molecule has 0 fully saturated rings. The molecule has 0 radical (unpaired) electrons. The molecule has 0 unspecified atom stereocenters. The molecule has 0 atom stereocenters. The minimum absolute atomic E-state index is 0.364. The van der Waals surface area contributed by atoms with E-state index in [1.807, 2.05) is 12.1 Å². The number of rotatable bonds is 5. The lowest BCUT2D eigenvalue weighted by Gasteiger charge is -2.11. The molecule has 0 amide bonds. The highest BCUT2D eigenvalue weighted by molar-refractivity contribution is 5.76. The molecule has 0 aliphatic carbocycles. The fourth-order valence-corrected chi connectivity index (χ4v) is 1.71. The van der Waals surface area contributed by atoms with Crippen molar-refractivity contribution in [1.82, 2.24) is 0 Å². The highest BCUT2D eigenvalue weighted by atomic mass is 16.5. The van der Waals surface area contributed by atoms with Gasteiger partial charge in [0.25, 0.3) is 0 Å². The maximum atomic E-state index is 10.7. The van der Waals surface area contributed by atoms with Crippen LogP contribution in [0.3, 0.4) is 0 Å². The lowest BCUT2D eigenvalue weighted by molar-refractivity contribution is 0.112. The normalized spacial score (nSPS) is 9.60. The van der Waals surface area contributed by atoms with Gasteiger partial charge < -0.3 is 9.47 Å². The van der Waals surface area contributed by atoms with Crippen LogP contribution in [0.5, 0.6) is 11.5 Å². The van der Waals surface area contributed by atoms with Gasteiger partial charge >= 0.3 is 0 Å². The summed E-state index contributed by atoms with van der Waals surface area (Å²) >= 11 is 0. The van der Waals surface area contributed by atoms with E-state index in [-0.39, 0.29) is 0 Å². The van der Waals surface area contributed by atoms with E-state index < -0.39 is 0 Å². The molecule has 0 heterocycles. The van der Waals surface area contributed by atoms with Crippen LogP contribution in [0.4, 0.5) is 0 Å². The summed E-state index contributed by atoms with van der Waals surface area (Å²) < 4.78 is 10.8. The number of carbonyl (C=O) groups excluding carboxylic acids is 1. The Hall–Kier alpha value is -2.80. The first kappa shape index (κ1) is 13.6. The number of carbonyl (C=O) groups is 1. The van der Waals surface area contributed by atoms with Crippen LogP contribution in [-0.4, -0.2) is 13.4 Å². The molecule has 2 aromatic rings. The Balaban J connectivity index is 2.10. The summed E-state index contributed by atoms with van der Waals surface area (Å²) in [5, 5.41) is 8.73. The molecule has 0 saturated heterocycles. The summed E-state index contributed by atoms with van der Waals surface area (Å²) in [7, 11) is 1.53. The van der Waals surface area contributed by atoms with Crippen LogP contribution in [0.1, 0.15) is 21.5 Å². The zero-order chi connectivity index (χ0) is 14.4. The van der Waals surface area contributed by atoms with E-state index in [0.29, 0.717) is 29.2 Å². The fourth-order valence-electron chi connectivity index (χ4n) is 1.71. The van der Waals surface area contributed by atoms with Crippen LogP contribution >= 0.6 is 0 Å². The Labute approximate surface area is 117 Å². The fraction of sp³-hybridized carbons (Fsp3) is 0.125. The van der Waals surface area contributed by atoms with Gasteiger partial charge in [0.1, 0.15) is 12.9 Å². The molecule has 0 saturated carbocycles. The molecule has 100 valence electrons. The van der Waals surface area contributed by atoms with Crippen molar-refractivity contribution in [2.45, 2.75) is 6.61 Å². The molecule has 0 bridgehead atoms. The summed E-state index contributed by atoms with van der Waals surface area (Å²) in [6.45, 7) is 0.364. The lowest BCUT2D eigenvalue weighted by Crippen LogP contribution is -1.98. The van der Waals surface area contributed by atoms with Crippen LogP contribution in [-0.2, 0) is 6.61 Å². The number of ether oxygens (including phenoxy) is 2.